The van der Waals surface area contributed by atoms with Gasteiger partial charge in [0.05, 0.1) is 14.7 Å². The second-order valence-corrected chi connectivity index (χ2v) is 9.70. The predicted octanol–water partition coefficient (Wildman–Crippen LogP) is 3.85. The van der Waals surface area contributed by atoms with Crippen LogP contribution in [-0.4, -0.2) is 36.6 Å². The number of nitro benzene ring substituents is 1. The molecule has 0 spiro atoms. The molecule has 1 aliphatic heterocycles. The van der Waals surface area contributed by atoms with E-state index in [9.17, 15) is 23.3 Å². The highest BCUT2D eigenvalue weighted by Gasteiger charge is 2.27. The first-order chi connectivity index (χ1) is 13.8. The van der Waals surface area contributed by atoms with E-state index in [1.165, 1.54) is 39.9 Å². The molecule has 2 heterocycles. The molecule has 1 N–H and O–H groups in total. The maximum atomic E-state index is 12.6. The summed E-state index contributed by atoms with van der Waals surface area (Å²) in [5, 5.41) is 14.3. The second-order valence-electron chi connectivity index (χ2n) is 6.68. The minimum atomic E-state index is -3.50. The van der Waals surface area contributed by atoms with Crippen molar-refractivity contribution in [3.8, 4) is 0 Å². The van der Waals surface area contributed by atoms with Gasteiger partial charge in [0, 0.05) is 41.0 Å². The van der Waals surface area contributed by atoms with Crippen molar-refractivity contribution in [2.75, 3.05) is 18.4 Å². The number of hydrogen-bond acceptors (Lipinski definition) is 6. The number of nitro groups is 1. The molecule has 0 unspecified atom stereocenters. The number of fused-ring (bicyclic) bond motifs is 1. The van der Waals surface area contributed by atoms with Gasteiger partial charge < -0.3 is 5.32 Å². The third-order valence-electron chi connectivity index (χ3n) is 4.75. The summed E-state index contributed by atoms with van der Waals surface area (Å²) in [4.78, 5) is 23.6. The van der Waals surface area contributed by atoms with E-state index < -0.39 is 14.9 Å². The van der Waals surface area contributed by atoms with Gasteiger partial charge in [-0.1, -0.05) is 0 Å². The van der Waals surface area contributed by atoms with Crippen molar-refractivity contribution in [3.05, 3.63) is 63.5 Å². The molecule has 4 rings (SSSR count). The lowest BCUT2D eigenvalue weighted by Crippen LogP contribution is -2.27. The van der Waals surface area contributed by atoms with Crippen molar-refractivity contribution >= 4 is 48.7 Å². The molecule has 0 bridgehead atoms. The van der Waals surface area contributed by atoms with Crippen LogP contribution in [0.3, 0.4) is 0 Å². The second kappa shape index (κ2) is 7.54. The largest absolute Gasteiger partial charge is 0.321 e. The smallest absolute Gasteiger partial charge is 0.270 e. The monoisotopic (exact) mass is 431 g/mol. The molecular formula is C19H17N3O5S2. The summed E-state index contributed by atoms with van der Waals surface area (Å²) < 4.78 is 27.4. The number of benzene rings is 2. The standard InChI is InChI=1S/C19H17N3O5S2/c23-19(18-12-13-11-15(22(24)25)5-8-17(13)28-18)20-14-3-6-16(7-4-14)29(26,27)21-9-1-2-10-21/h3-8,11-12H,1-2,9-10H2,(H,20,23). The van der Waals surface area contributed by atoms with Gasteiger partial charge in [-0.15, -0.1) is 11.3 Å². The molecule has 8 nitrogen and oxygen atoms in total. The number of nitrogens with zero attached hydrogens (tertiary/aromatic N) is 2. The SMILES string of the molecule is O=C(Nc1ccc(S(=O)(=O)N2CCCC2)cc1)c1cc2cc([N+](=O)[O-])ccc2s1. The minimum absolute atomic E-state index is 0.0305. The van der Waals surface area contributed by atoms with Crippen LogP contribution in [0.15, 0.2) is 53.4 Å². The van der Waals surface area contributed by atoms with E-state index in [-0.39, 0.29) is 16.5 Å². The van der Waals surface area contributed by atoms with E-state index in [0.717, 1.165) is 17.5 Å². The summed E-state index contributed by atoms with van der Waals surface area (Å²) in [6.45, 7) is 1.07. The number of thiophene rings is 1. The van der Waals surface area contributed by atoms with Crippen molar-refractivity contribution in [3.63, 3.8) is 0 Å². The normalized spacial score (nSPS) is 14.9. The van der Waals surface area contributed by atoms with Gasteiger partial charge in [0.2, 0.25) is 10.0 Å². The average Bonchev–Trinajstić information content (AvgIpc) is 3.38. The van der Waals surface area contributed by atoms with E-state index >= 15 is 0 Å². The van der Waals surface area contributed by atoms with Gasteiger partial charge in [-0.2, -0.15) is 4.31 Å². The summed E-state index contributed by atoms with van der Waals surface area (Å²) >= 11 is 1.23. The van der Waals surface area contributed by atoms with Gasteiger partial charge in [0.1, 0.15) is 0 Å². The molecule has 0 aliphatic carbocycles. The Morgan fingerprint density at radius 2 is 1.76 bits per heavy atom. The van der Waals surface area contributed by atoms with Crippen LogP contribution in [-0.2, 0) is 10.0 Å². The molecule has 1 fully saturated rings. The Morgan fingerprint density at radius 1 is 1.07 bits per heavy atom. The van der Waals surface area contributed by atoms with Crippen LogP contribution in [0.2, 0.25) is 0 Å². The number of anilines is 1. The zero-order chi connectivity index (χ0) is 20.6. The summed E-state index contributed by atoms with van der Waals surface area (Å²) in [5.74, 6) is -0.357. The van der Waals surface area contributed by atoms with Gasteiger partial charge in [-0.3, -0.25) is 14.9 Å². The highest BCUT2D eigenvalue weighted by atomic mass is 32.2. The van der Waals surface area contributed by atoms with Crippen molar-refractivity contribution < 1.29 is 18.1 Å². The van der Waals surface area contributed by atoms with Gasteiger partial charge in [0.15, 0.2) is 0 Å². The molecule has 2 aromatic carbocycles. The van der Waals surface area contributed by atoms with Crippen molar-refractivity contribution in [2.24, 2.45) is 0 Å². The molecule has 150 valence electrons. The average molecular weight is 431 g/mol. The lowest BCUT2D eigenvalue weighted by molar-refractivity contribution is -0.384. The quantitative estimate of drug-likeness (QED) is 0.487. The van der Waals surface area contributed by atoms with Gasteiger partial charge in [-0.25, -0.2) is 8.42 Å². The fourth-order valence-corrected chi connectivity index (χ4v) is 5.69. The lowest BCUT2D eigenvalue weighted by Gasteiger charge is -2.15. The molecule has 0 radical (unpaired) electrons. The summed E-state index contributed by atoms with van der Waals surface area (Å²) in [7, 11) is -3.50. The zero-order valence-corrected chi connectivity index (χ0v) is 16.8. The van der Waals surface area contributed by atoms with Crippen molar-refractivity contribution in [1.82, 2.24) is 4.31 Å². The Kier molecular flexibility index (Phi) is 5.07. The molecular weight excluding hydrogens is 414 g/mol. The summed E-state index contributed by atoms with van der Waals surface area (Å²) in [5.41, 5.74) is 0.441. The van der Waals surface area contributed by atoms with E-state index in [1.807, 2.05) is 0 Å². The molecule has 1 saturated heterocycles. The van der Waals surface area contributed by atoms with E-state index in [2.05, 4.69) is 5.32 Å². The van der Waals surface area contributed by atoms with E-state index in [0.29, 0.717) is 29.0 Å². The van der Waals surface area contributed by atoms with Gasteiger partial charge >= 0.3 is 0 Å². The van der Waals surface area contributed by atoms with Crippen molar-refractivity contribution in [2.45, 2.75) is 17.7 Å². The van der Waals surface area contributed by atoms with Crippen LogP contribution >= 0.6 is 11.3 Å². The number of nitrogens with one attached hydrogen (secondary N) is 1. The van der Waals surface area contributed by atoms with E-state index in [1.54, 1.807) is 24.3 Å². The zero-order valence-electron chi connectivity index (χ0n) is 15.2. The van der Waals surface area contributed by atoms with Crippen LogP contribution in [0.25, 0.3) is 10.1 Å². The number of non-ortho nitro benzene ring substituents is 1. The summed E-state index contributed by atoms with van der Waals surface area (Å²) in [6.07, 6.45) is 1.73. The van der Waals surface area contributed by atoms with Crippen molar-refractivity contribution in [1.29, 1.82) is 0 Å². The Hall–Kier alpha value is -2.82. The third-order valence-corrected chi connectivity index (χ3v) is 7.78. The first-order valence-corrected chi connectivity index (χ1v) is 11.2. The lowest BCUT2D eigenvalue weighted by atomic mass is 10.2. The molecule has 0 saturated carbocycles. The Balaban J connectivity index is 1.51. The van der Waals surface area contributed by atoms with Gasteiger partial charge in [0.25, 0.3) is 11.6 Å². The Bertz CT molecular complexity index is 1200. The molecule has 1 aliphatic rings. The number of hydrogen-bond donors (Lipinski definition) is 1. The third kappa shape index (κ3) is 3.86. The fraction of sp³-hybridized carbons (Fsp3) is 0.211. The molecule has 1 aromatic heterocycles. The first kappa shape index (κ1) is 19.5. The number of carbonyl (C=O) groups is 1. The Morgan fingerprint density at radius 3 is 2.41 bits per heavy atom. The highest BCUT2D eigenvalue weighted by Crippen LogP contribution is 2.29. The summed E-state index contributed by atoms with van der Waals surface area (Å²) in [6, 6.07) is 12.1. The van der Waals surface area contributed by atoms with Gasteiger partial charge in [-0.05, 0) is 49.2 Å². The minimum Gasteiger partial charge on any atom is -0.321 e. The number of amides is 1. The number of carbonyl (C=O) groups excluding carboxylic acids is 1. The molecule has 10 heteroatoms. The van der Waals surface area contributed by atoms with E-state index in [4.69, 9.17) is 0 Å². The molecule has 1 amide bonds. The fourth-order valence-electron chi connectivity index (χ4n) is 3.24. The topological polar surface area (TPSA) is 110 Å². The predicted molar refractivity (Wildman–Crippen MR) is 111 cm³/mol. The molecule has 29 heavy (non-hydrogen) atoms. The van der Waals surface area contributed by atoms with Crippen LogP contribution in [0, 0.1) is 10.1 Å². The first-order valence-electron chi connectivity index (χ1n) is 8.94. The molecule has 0 atom stereocenters. The molecule has 3 aromatic rings. The van der Waals surface area contributed by atoms with Crippen LogP contribution < -0.4 is 5.32 Å². The van der Waals surface area contributed by atoms with Crippen LogP contribution in [0.5, 0.6) is 0 Å². The maximum Gasteiger partial charge on any atom is 0.270 e. The van der Waals surface area contributed by atoms with Crippen LogP contribution in [0.4, 0.5) is 11.4 Å². The number of rotatable bonds is 5. The maximum absolute atomic E-state index is 12.6. The van der Waals surface area contributed by atoms with Crippen LogP contribution in [0.1, 0.15) is 22.5 Å². The Labute approximate surface area is 171 Å². The highest BCUT2D eigenvalue weighted by molar-refractivity contribution is 7.89. The number of sulfonamides is 1.